The van der Waals surface area contributed by atoms with Crippen molar-refractivity contribution in [3.63, 3.8) is 0 Å². The highest BCUT2D eigenvalue weighted by Gasteiger charge is 2.28. The van der Waals surface area contributed by atoms with E-state index in [1.807, 2.05) is 6.07 Å². The molecule has 1 aliphatic carbocycles. The Morgan fingerprint density at radius 1 is 1.47 bits per heavy atom. The third-order valence-electron chi connectivity index (χ3n) is 3.81. The molecule has 0 radical (unpaired) electrons. The van der Waals surface area contributed by atoms with Gasteiger partial charge in [0.25, 0.3) is 5.56 Å². The fourth-order valence-electron chi connectivity index (χ4n) is 2.42. The highest BCUT2D eigenvalue weighted by Crippen LogP contribution is 2.34. The van der Waals surface area contributed by atoms with Crippen molar-refractivity contribution in [2.24, 2.45) is 13.0 Å². The Morgan fingerprint density at radius 2 is 2.21 bits per heavy atom. The standard InChI is InChI=1S/C14H18N4O/c1-8(9-3-4-9)17-12-6-13(19)18(2)14-11(12)5-10(15)7-16-14/h5-9,17H,3-4,15H2,1-2H3. The van der Waals surface area contributed by atoms with E-state index in [0.29, 0.717) is 23.3 Å². The number of pyridine rings is 2. The maximum absolute atomic E-state index is 12.0. The molecule has 1 saturated carbocycles. The molecule has 0 saturated heterocycles. The second-order valence-corrected chi connectivity index (χ2v) is 5.37. The average Bonchev–Trinajstić information content (AvgIpc) is 3.19. The Labute approximate surface area is 111 Å². The Hall–Kier alpha value is -2.04. The summed E-state index contributed by atoms with van der Waals surface area (Å²) in [5, 5.41) is 4.33. The molecule has 0 bridgehead atoms. The van der Waals surface area contributed by atoms with E-state index in [9.17, 15) is 4.79 Å². The van der Waals surface area contributed by atoms with Crippen LogP contribution in [-0.2, 0) is 7.05 Å². The van der Waals surface area contributed by atoms with Crippen LogP contribution >= 0.6 is 0 Å². The zero-order valence-corrected chi connectivity index (χ0v) is 11.2. The van der Waals surface area contributed by atoms with Crippen molar-refractivity contribution < 1.29 is 0 Å². The van der Waals surface area contributed by atoms with Crippen LogP contribution in [0.5, 0.6) is 0 Å². The molecule has 2 heterocycles. The molecule has 0 aliphatic heterocycles. The first kappa shape index (κ1) is 12.0. The molecule has 0 spiro atoms. The van der Waals surface area contributed by atoms with Gasteiger partial charge < -0.3 is 11.1 Å². The van der Waals surface area contributed by atoms with Gasteiger partial charge in [-0.3, -0.25) is 9.36 Å². The van der Waals surface area contributed by atoms with Crippen LogP contribution in [0.2, 0.25) is 0 Å². The number of aromatic nitrogens is 2. The van der Waals surface area contributed by atoms with Crippen LogP contribution in [0.3, 0.4) is 0 Å². The molecule has 100 valence electrons. The number of anilines is 2. The van der Waals surface area contributed by atoms with Crippen LogP contribution < -0.4 is 16.6 Å². The minimum atomic E-state index is -0.0599. The number of aryl methyl sites for hydroxylation is 1. The average molecular weight is 258 g/mol. The highest BCUT2D eigenvalue weighted by molar-refractivity contribution is 5.90. The van der Waals surface area contributed by atoms with Gasteiger partial charge >= 0.3 is 0 Å². The molecule has 1 aliphatic rings. The maximum atomic E-state index is 12.0. The van der Waals surface area contributed by atoms with Crippen molar-refractivity contribution in [1.29, 1.82) is 0 Å². The molecule has 0 aromatic carbocycles. The van der Waals surface area contributed by atoms with Crippen LogP contribution in [-0.4, -0.2) is 15.6 Å². The molecule has 1 unspecified atom stereocenters. The lowest BCUT2D eigenvalue weighted by atomic mass is 10.1. The minimum absolute atomic E-state index is 0.0599. The predicted molar refractivity (Wildman–Crippen MR) is 77.2 cm³/mol. The highest BCUT2D eigenvalue weighted by atomic mass is 16.1. The zero-order valence-electron chi connectivity index (χ0n) is 11.2. The van der Waals surface area contributed by atoms with Gasteiger partial charge in [0.05, 0.1) is 17.6 Å². The van der Waals surface area contributed by atoms with E-state index in [4.69, 9.17) is 5.73 Å². The van der Waals surface area contributed by atoms with Crippen LogP contribution in [0.1, 0.15) is 19.8 Å². The molecule has 1 fully saturated rings. The topological polar surface area (TPSA) is 72.9 Å². The Balaban J connectivity index is 2.13. The molecule has 5 heteroatoms. The normalized spacial score (nSPS) is 16.5. The first-order valence-corrected chi connectivity index (χ1v) is 6.58. The van der Waals surface area contributed by atoms with Gasteiger partial charge in [-0.2, -0.15) is 0 Å². The van der Waals surface area contributed by atoms with Crippen LogP contribution in [0, 0.1) is 5.92 Å². The molecule has 19 heavy (non-hydrogen) atoms. The molecule has 2 aromatic rings. The SMILES string of the molecule is CC(Nc1cc(=O)n(C)c2ncc(N)cc12)C1CC1. The van der Waals surface area contributed by atoms with Crippen LogP contribution in [0.4, 0.5) is 11.4 Å². The third-order valence-corrected chi connectivity index (χ3v) is 3.81. The lowest BCUT2D eigenvalue weighted by Crippen LogP contribution is -2.22. The summed E-state index contributed by atoms with van der Waals surface area (Å²) in [5.41, 5.74) is 7.84. The van der Waals surface area contributed by atoms with Gasteiger partial charge in [0.15, 0.2) is 0 Å². The summed E-state index contributed by atoms with van der Waals surface area (Å²) in [6, 6.07) is 3.86. The first-order valence-electron chi connectivity index (χ1n) is 6.58. The van der Waals surface area contributed by atoms with Crippen molar-refractivity contribution in [1.82, 2.24) is 9.55 Å². The number of nitrogen functional groups attached to an aromatic ring is 1. The van der Waals surface area contributed by atoms with Crippen molar-refractivity contribution in [3.8, 4) is 0 Å². The van der Waals surface area contributed by atoms with Gasteiger partial charge in [-0.1, -0.05) is 0 Å². The Kier molecular flexibility index (Phi) is 2.69. The van der Waals surface area contributed by atoms with Crippen molar-refractivity contribution in [3.05, 3.63) is 28.7 Å². The van der Waals surface area contributed by atoms with E-state index in [0.717, 1.165) is 11.1 Å². The molecule has 2 aromatic heterocycles. The maximum Gasteiger partial charge on any atom is 0.253 e. The van der Waals surface area contributed by atoms with E-state index in [1.54, 1.807) is 23.9 Å². The molecular formula is C14H18N4O. The van der Waals surface area contributed by atoms with Gasteiger partial charge in [-0.25, -0.2) is 4.98 Å². The number of fused-ring (bicyclic) bond motifs is 1. The minimum Gasteiger partial charge on any atom is -0.397 e. The van der Waals surface area contributed by atoms with E-state index >= 15 is 0 Å². The van der Waals surface area contributed by atoms with Crippen molar-refractivity contribution in [2.45, 2.75) is 25.8 Å². The van der Waals surface area contributed by atoms with Gasteiger partial charge in [0, 0.05) is 24.5 Å². The second kappa shape index (κ2) is 4.26. The Bertz CT molecular complexity index is 688. The third kappa shape index (κ3) is 2.16. The summed E-state index contributed by atoms with van der Waals surface area (Å²) in [4.78, 5) is 16.2. The fourth-order valence-corrected chi connectivity index (χ4v) is 2.42. The number of nitrogens with one attached hydrogen (secondary N) is 1. The number of nitrogens with zero attached hydrogens (tertiary/aromatic N) is 2. The monoisotopic (exact) mass is 258 g/mol. The molecule has 5 nitrogen and oxygen atoms in total. The van der Waals surface area contributed by atoms with Crippen LogP contribution in [0.25, 0.3) is 11.0 Å². The van der Waals surface area contributed by atoms with E-state index < -0.39 is 0 Å². The number of rotatable bonds is 3. The van der Waals surface area contributed by atoms with Gasteiger partial charge in [-0.05, 0) is 31.7 Å². The van der Waals surface area contributed by atoms with E-state index in [2.05, 4.69) is 17.2 Å². The summed E-state index contributed by atoms with van der Waals surface area (Å²) in [6.07, 6.45) is 4.10. The van der Waals surface area contributed by atoms with Crippen molar-refractivity contribution >= 4 is 22.4 Å². The summed E-state index contributed by atoms with van der Waals surface area (Å²) < 4.78 is 1.54. The number of hydrogen-bond donors (Lipinski definition) is 2. The van der Waals surface area contributed by atoms with Gasteiger partial charge in [0.2, 0.25) is 0 Å². The fraction of sp³-hybridized carbons (Fsp3) is 0.429. The van der Waals surface area contributed by atoms with Crippen LogP contribution in [0.15, 0.2) is 23.1 Å². The largest absolute Gasteiger partial charge is 0.397 e. The first-order chi connectivity index (χ1) is 9.06. The van der Waals surface area contributed by atoms with E-state index in [-0.39, 0.29) is 5.56 Å². The molecule has 3 rings (SSSR count). The quantitative estimate of drug-likeness (QED) is 0.879. The zero-order chi connectivity index (χ0) is 13.6. The Morgan fingerprint density at radius 3 is 2.89 bits per heavy atom. The number of nitrogens with two attached hydrogens (primary N) is 1. The van der Waals surface area contributed by atoms with Crippen molar-refractivity contribution in [2.75, 3.05) is 11.1 Å². The van der Waals surface area contributed by atoms with Gasteiger partial charge in [0.1, 0.15) is 5.65 Å². The molecule has 0 amide bonds. The second-order valence-electron chi connectivity index (χ2n) is 5.37. The van der Waals surface area contributed by atoms with E-state index in [1.165, 1.54) is 12.8 Å². The molecule has 3 N–H and O–H groups in total. The summed E-state index contributed by atoms with van der Waals surface area (Å²) in [5.74, 6) is 0.716. The smallest absolute Gasteiger partial charge is 0.253 e. The predicted octanol–water partition coefficient (Wildman–Crippen LogP) is 1.73. The summed E-state index contributed by atoms with van der Waals surface area (Å²) in [6.45, 7) is 2.15. The summed E-state index contributed by atoms with van der Waals surface area (Å²) in [7, 11) is 1.72. The lowest BCUT2D eigenvalue weighted by molar-refractivity contribution is 0.694. The summed E-state index contributed by atoms with van der Waals surface area (Å²) >= 11 is 0. The molecular weight excluding hydrogens is 240 g/mol. The number of hydrogen-bond acceptors (Lipinski definition) is 4. The lowest BCUT2D eigenvalue weighted by Gasteiger charge is -2.17. The van der Waals surface area contributed by atoms with Gasteiger partial charge in [-0.15, -0.1) is 0 Å². The molecule has 1 atom stereocenters.